The maximum Gasteiger partial charge on any atom is 0.472 e. The first-order valence-electron chi connectivity index (χ1n) is 4.43. The summed E-state index contributed by atoms with van der Waals surface area (Å²) in [6.45, 7) is -0.434. The second-order valence-electron chi connectivity index (χ2n) is 3.24. The minimum atomic E-state index is -4.11. The monoisotopic (exact) mass is 243 g/mol. The van der Waals surface area contributed by atoms with Crippen molar-refractivity contribution >= 4 is 7.82 Å². The molecule has 92 valence electrons. The zero-order valence-corrected chi connectivity index (χ0v) is 9.76. The lowest BCUT2D eigenvalue weighted by atomic mass is 10.4. The van der Waals surface area contributed by atoms with Crippen molar-refractivity contribution in [2.24, 2.45) is 0 Å². The minimum Gasteiger partial charge on any atom is -0.394 e. The van der Waals surface area contributed by atoms with Gasteiger partial charge in [-0.05, 0) is 14.1 Å². The average Bonchev–Trinajstić information content (AvgIpc) is 2.13. The number of likely N-dealkylation sites (N-methyl/N-ethyl adjacent to an activating group) is 1. The van der Waals surface area contributed by atoms with E-state index in [2.05, 4.69) is 9.05 Å². The molecule has 0 aliphatic heterocycles. The molecule has 0 radical (unpaired) electrons. The van der Waals surface area contributed by atoms with E-state index in [4.69, 9.17) is 15.1 Å². The fraction of sp³-hybridized carbons (Fsp3) is 1.00. The Hall–Kier alpha value is -0.0100. The predicted octanol–water partition coefficient (Wildman–Crippen LogP) is -0.965. The Labute approximate surface area is 88.8 Å². The van der Waals surface area contributed by atoms with Gasteiger partial charge in [0.25, 0.3) is 0 Å². The van der Waals surface area contributed by atoms with Crippen molar-refractivity contribution in [1.82, 2.24) is 4.90 Å². The number of aliphatic hydroxyl groups excluding tert-OH is 2. The summed E-state index contributed by atoms with van der Waals surface area (Å²) in [5.74, 6) is 0. The maximum atomic E-state index is 11.1. The fourth-order valence-electron chi connectivity index (χ4n) is 0.609. The van der Waals surface area contributed by atoms with E-state index in [1.165, 1.54) is 0 Å². The van der Waals surface area contributed by atoms with E-state index >= 15 is 0 Å². The van der Waals surface area contributed by atoms with Gasteiger partial charge < -0.3 is 20.0 Å². The molecule has 0 aromatic heterocycles. The van der Waals surface area contributed by atoms with Gasteiger partial charge in [-0.3, -0.25) is 9.05 Å². The van der Waals surface area contributed by atoms with Gasteiger partial charge in [0.2, 0.25) is 0 Å². The largest absolute Gasteiger partial charge is 0.472 e. The molecule has 7 nitrogen and oxygen atoms in total. The van der Waals surface area contributed by atoms with Crippen molar-refractivity contribution in [1.29, 1.82) is 0 Å². The van der Waals surface area contributed by atoms with Crippen LogP contribution in [0.5, 0.6) is 0 Å². The number of rotatable bonds is 8. The van der Waals surface area contributed by atoms with Crippen LogP contribution >= 0.6 is 7.82 Å². The Balaban J connectivity index is 3.72. The number of phosphoric acid groups is 1. The quantitative estimate of drug-likeness (QED) is 0.472. The second kappa shape index (κ2) is 7.29. The van der Waals surface area contributed by atoms with Crippen LogP contribution in [0.2, 0.25) is 0 Å². The summed E-state index contributed by atoms with van der Waals surface area (Å²) in [5.41, 5.74) is 0. The normalized spacial score (nSPS) is 17.7. The molecule has 0 aliphatic carbocycles. The highest BCUT2D eigenvalue weighted by molar-refractivity contribution is 7.47. The molecule has 0 aromatic rings. The third kappa shape index (κ3) is 8.95. The zero-order valence-electron chi connectivity index (χ0n) is 8.87. The Morgan fingerprint density at radius 1 is 1.40 bits per heavy atom. The summed E-state index contributed by atoms with van der Waals surface area (Å²) < 4.78 is 20.1. The van der Waals surface area contributed by atoms with Crippen LogP contribution < -0.4 is 0 Å². The topological polar surface area (TPSA) is 99.5 Å². The van der Waals surface area contributed by atoms with Gasteiger partial charge in [0.15, 0.2) is 0 Å². The van der Waals surface area contributed by atoms with E-state index in [1.807, 2.05) is 0 Å². The van der Waals surface area contributed by atoms with Crippen molar-refractivity contribution in [2.45, 2.75) is 6.10 Å². The van der Waals surface area contributed by atoms with Gasteiger partial charge in [-0.25, -0.2) is 4.57 Å². The first-order valence-corrected chi connectivity index (χ1v) is 5.92. The molecule has 2 unspecified atom stereocenters. The molecule has 0 aromatic carbocycles. The Morgan fingerprint density at radius 3 is 2.47 bits per heavy atom. The molecule has 0 saturated carbocycles. The Morgan fingerprint density at radius 2 is 2.00 bits per heavy atom. The van der Waals surface area contributed by atoms with E-state index in [-0.39, 0.29) is 6.61 Å². The number of hydrogen-bond acceptors (Lipinski definition) is 6. The van der Waals surface area contributed by atoms with Gasteiger partial charge in [-0.2, -0.15) is 0 Å². The second-order valence-corrected chi connectivity index (χ2v) is 4.69. The van der Waals surface area contributed by atoms with Crippen molar-refractivity contribution in [2.75, 3.05) is 40.5 Å². The van der Waals surface area contributed by atoms with Crippen LogP contribution in [0.3, 0.4) is 0 Å². The smallest absolute Gasteiger partial charge is 0.394 e. The lowest BCUT2D eigenvalue weighted by Gasteiger charge is -2.15. The number of phosphoric ester groups is 1. The summed E-state index contributed by atoms with van der Waals surface area (Å²) in [5, 5.41) is 17.3. The van der Waals surface area contributed by atoms with Gasteiger partial charge in [0.1, 0.15) is 6.10 Å². The number of aliphatic hydroxyl groups is 2. The Kier molecular flexibility index (Phi) is 7.29. The fourth-order valence-corrected chi connectivity index (χ4v) is 1.36. The van der Waals surface area contributed by atoms with Crippen molar-refractivity contribution in [3.63, 3.8) is 0 Å². The summed E-state index contributed by atoms with van der Waals surface area (Å²) >= 11 is 0. The molecule has 8 heteroatoms. The molecular formula is C7H18NO6P. The molecule has 0 aliphatic rings. The van der Waals surface area contributed by atoms with Gasteiger partial charge in [-0.15, -0.1) is 0 Å². The average molecular weight is 243 g/mol. The van der Waals surface area contributed by atoms with Crippen LogP contribution in [-0.2, 0) is 13.6 Å². The first-order chi connectivity index (χ1) is 6.87. The molecule has 3 N–H and O–H groups in total. The van der Waals surface area contributed by atoms with Crippen LogP contribution in [0.15, 0.2) is 0 Å². The standard InChI is InChI=1S/C7H18NO6P/c1-8(2)3-4-13-15(11,12)14-6-7(10)5-9/h7,9-10H,3-6H2,1-2H3,(H,11,12). The molecule has 15 heavy (non-hydrogen) atoms. The highest BCUT2D eigenvalue weighted by Crippen LogP contribution is 2.42. The molecule has 0 bridgehead atoms. The van der Waals surface area contributed by atoms with Crippen molar-refractivity contribution in [3.05, 3.63) is 0 Å². The number of hydrogen-bond donors (Lipinski definition) is 3. The van der Waals surface area contributed by atoms with E-state index in [9.17, 15) is 4.57 Å². The van der Waals surface area contributed by atoms with Crippen LogP contribution in [0.1, 0.15) is 0 Å². The predicted molar refractivity (Wildman–Crippen MR) is 53.4 cm³/mol. The summed E-state index contributed by atoms with van der Waals surface area (Å²) in [7, 11) is -0.526. The molecule has 0 heterocycles. The third-order valence-corrected chi connectivity index (χ3v) is 2.42. The van der Waals surface area contributed by atoms with E-state index < -0.39 is 27.1 Å². The van der Waals surface area contributed by atoms with Gasteiger partial charge in [0.05, 0.1) is 19.8 Å². The summed E-state index contributed by atoms with van der Waals surface area (Å²) in [6, 6.07) is 0. The highest BCUT2D eigenvalue weighted by atomic mass is 31.2. The molecule has 0 saturated heterocycles. The van der Waals surface area contributed by atoms with E-state index in [0.29, 0.717) is 6.54 Å². The van der Waals surface area contributed by atoms with Gasteiger partial charge in [-0.1, -0.05) is 0 Å². The van der Waals surface area contributed by atoms with E-state index in [0.717, 1.165) is 0 Å². The lowest BCUT2D eigenvalue weighted by Crippen LogP contribution is -2.20. The van der Waals surface area contributed by atoms with Crippen LogP contribution in [0.4, 0.5) is 0 Å². The SMILES string of the molecule is CN(C)CCOP(=O)(O)OCC(O)CO. The lowest BCUT2D eigenvalue weighted by molar-refractivity contribution is 0.0356. The van der Waals surface area contributed by atoms with Crippen LogP contribution in [-0.4, -0.2) is 66.6 Å². The van der Waals surface area contributed by atoms with Crippen molar-refractivity contribution < 1.29 is 28.7 Å². The molecule has 0 spiro atoms. The Bertz CT molecular complexity index is 212. The molecule has 0 amide bonds. The first kappa shape index (κ1) is 15.0. The van der Waals surface area contributed by atoms with Gasteiger partial charge >= 0.3 is 7.82 Å². The zero-order chi connectivity index (χ0) is 11.9. The minimum absolute atomic E-state index is 0.0516. The maximum absolute atomic E-state index is 11.1. The molecule has 2 atom stereocenters. The van der Waals surface area contributed by atoms with Crippen LogP contribution in [0, 0.1) is 0 Å². The molecular weight excluding hydrogens is 225 g/mol. The third-order valence-electron chi connectivity index (χ3n) is 1.43. The summed E-state index contributed by atoms with van der Waals surface area (Å²) in [4.78, 5) is 10.9. The number of nitrogens with zero attached hydrogens (tertiary/aromatic N) is 1. The van der Waals surface area contributed by atoms with Crippen molar-refractivity contribution in [3.8, 4) is 0 Å². The molecule has 0 fully saturated rings. The molecule has 0 rings (SSSR count). The highest BCUT2D eigenvalue weighted by Gasteiger charge is 2.22. The summed E-state index contributed by atoms with van der Waals surface area (Å²) in [6.07, 6.45) is -1.18. The van der Waals surface area contributed by atoms with E-state index in [1.54, 1.807) is 19.0 Å². The van der Waals surface area contributed by atoms with Crippen LogP contribution in [0.25, 0.3) is 0 Å². The van der Waals surface area contributed by atoms with Gasteiger partial charge in [0, 0.05) is 6.54 Å².